The van der Waals surface area contributed by atoms with Gasteiger partial charge in [-0.15, -0.1) is 0 Å². The molecule has 9 heteroatoms. The molecule has 2 heterocycles. The average molecular weight is 429 g/mol. The number of pyridine rings is 1. The van der Waals surface area contributed by atoms with Gasteiger partial charge in [0.2, 0.25) is 6.41 Å². The van der Waals surface area contributed by atoms with E-state index in [1.807, 2.05) is 6.92 Å². The molecule has 1 aliphatic rings. The Morgan fingerprint density at radius 1 is 1.35 bits per heavy atom. The van der Waals surface area contributed by atoms with Gasteiger partial charge in [-0.1, -0.05) is 6.07 Å². The first kappa shape index (κ1) is 22.6. The summed E-state index contributed by atoms with van der Waals surface area (Å²) in [6.45, 7) is 3.86. The maximum absolute atomic E-state index is 14.4. The lowest BCUT2D eigenvalue weighted by atomic mass is 9.76. The molecule has 3 N–H and O–H groups in total. The first-order valence-corrected chi connectivity index (χ1v) is 10.2. The predicted octanol–water partition coefficient (Wildman–Crippen LogP) is 3.11. The maximum atomic E-state index is 14.4. The van der Waals surface area contributed by atoms with Crippen LogP contribution in [0.4, 0.5) is 20.6 Å². The van der Waals surface area contributed by atoms with Crippen LogP contribution in [0, 0.1) is 18.2 Å². The number of hydroxylamine groups is 2. The van der Waals surface area contributed by atoms with Gasteiger partial charge in [0.15, 0.2) is 0 Å². The summed E-state index contributed by atoms with van der Waals surface area (Å²) in [4.78, 5) is 32.9. The molecule has 1 saturated heterocycles. The molecule has 0 radical (unpaired) electrons. The van der Waals surface area contributed by atoms with E-state index in [1.165, 1.54) is 12.3 Å². The number of carbonyl (C=O) groups excluding carboxylic acids is 2. The summed E-state index contributed by atoms with van der Waals surface area (Å²) in [5, 5.41) is 9.74. The van der Waals surface area contributed by atoms with Crippen LogP contribution in [-0.4, -0.2) is 49.2 Å². The number of piperidine rings is 1. The van der Waals surface area contributed by atoms with Crippen LogP contribution in [0.5, 0.6) is 0 Å². The lowest BCUT2D eigenvalue weighted by molar-refractivity contribution is -0.177. The smallest absolute Gasteiger partial charge is 0.316 e. The number of rotatable bonds is 8. The van der Waals surface area contributed by atoms with Crippen molar-refractivity contribution in [2.24, 2.45) is 5.41 Å². The van der Waals surface area contributed by atoms with E-state index in [1.54, 1.807) is 31.3 Å². The van der Waals surface area contributed by atoms with E-state index in [4.69, 9.17) is 4.84 Å². The molecule has 0 unspecified atom stereocenters. The van der Waals surface area contributed by atoms with Crippen LogP contribution < -0.4 is 16.0 Å². The van der Waals surface area contributed by atoms with Crippen LogP contribution in [0.25, 0.3) is 0 Å². The van der Waals surface area contributed by atoms with Gasteiger partial charge < -0.3 is 16.0 Å². The fourth-order valence-electron chi connectivity index (χ4n) is 3.66. The second-order valence-electron chi connectivity index (χ2n) is 7.96. The lowest BCUT2D eigenvalue weighted by Gasteiger charge is -2.38. The topological polar surface area (TPSA) is 95.6 Å². The summed E-state index contributed by atoms with van der Waals surface area (Å²) in [5.74, 6) is -0.520. The number of hydrogen-bond donors (Lipinski definition) is 3. The molecular weight excluding hydrogens is 401 g/mol. The van der Waals surface area contributed by atoms with Crippen molar-refractivity contribution in [1.29, 1.82) is 0 Å². The monoisotopic (exact) mass is 429 g/mol. The second-order valence-corrected chi connectivity index (χ2v) is 7.96. The van der Waals surface area contributed by atoms with E-state index in [0.717, 1.165) is 42.3 Å². The normalized spacial score (nSPS) is 18.3. The summed E-state index contributed by atoms with van der Waals surface area (Å²) in [5.41, 5.74) is 2.08. The van der Waals surface area contributed by atoms with E-state index in [-0.39, 0.29) is 11.1 Å². The summed E-state index contributed by atoms with van der Waals surface area (Å²) >= 11 is 0. The van der Waals surface area contributed by atoms with Crippen molar-refractivity contribution in [3.05, 3.63) is 53.6 Å². The standard InChI is InChI=1S/C22H28FN5O3/c1-16-4-6-18(12-25-16)26-21(30)27-20-10-17(5-7-19(20)23)11-22(8-3-9-24-13-22)14-31-28(2)15-29/h4-7,10,12,15,24H,3,8-9,11,13-14H2,1-2H3,(H2,26,27,30)/t22-/m1/s1. The molecule has 1 aliphatic heterocycles. The van der Waals surface area contributed by atoms with Gasteiger partial charge in [0.1, 0.15) is 5.82 Å². The number of carbonyl (C=O) groups is 2. The van der Waals surface area contributed by atoms with Gasteiger partial charge in [0.05, 0.1) is 24.2 Å². The van der Waals surface area contributed by atoms with Gasteiger partial charge in [-0.3, -0.25) is 14.6 Å². The zero-order valence-corrected chi connectivity index (χ0v) is 17.8. The molecule has 3 rings (SSSR count). The van der Waals surface area contributed by atoms with Gasteiger partial charge in [-0.05, 0) is 62.6 Å². The maximum Gasteiger partial charge on any atom is 0.323 e. The molecular formula is C22H28FN5O3. The Hall–Kier alpha value is -3.04. The molecule has 1 fully saturated rings. The van der Waals surface area contributed by atoms with E-state index >= 15 is 0 Å². The van der Waals surface area contributed by atoms with Crippen molar-refractivity contribution in [2.45, 2.75) is 26.2 Å². The largest absolute Gasteiger partial charge is 0.323 e. The molecule has 2 aromatic rings. The minimum Gasteiger partial charge on any atom is -0.316 e. The van der Waals surface area contributed by atoms with Crippen LogP contribution in [0.1, 0.15) is 24.1 Å². The van der Waals surface area contributed by atoms with Crippen LogP contribution in [-0.2, 0) is 16.1 Å². The number of aryl methyl sites for hydroxylation is 1. The molecule has 8 nitrogen and oxygen atoms in total. The molecule has 166 valence electrons. The SMILES string of the molecule is Cc1ccc(NC(=O)Nc2cc(C[C@]3(CON(C)C=O)CCCNC3)ccc2F)cn1. The molecule has 0 saturated carbocycles. The fourth-order valence-corrected chi connectivity index (χ4v) is 3.66. The minimum absolute atomic E-state index is 0.0971. The summed E-state index contributed by atoms with van der Waals surface area (Å²) in [7, 11) is 1.55. The Balaban J connectivity index is 1.70. The highest BCUT2D eigenvalue weighted by molar-refractivity contribution is 5.99. The minimum atomic E-state index is -0.549. The van der Waals surface area contributed by atoms with Crippen LogP contribution >= 0.6 is 0 Å². The lowest BCUT2D eigenvalue weighted by Crippen LogP contribution is -2.45. The van der Waals surface area contributed by atoms with E-state index in [0.29, 0.717) is 25.1 Å². The highest BCUT2D eigenvalue weighted by Crippen LogP contribution is 2.32. The zero-order chi connectivity index (χ0) is 22.3. The van der Waals surface area contributed by atoms with E-state index in [2.05, 4.69) is 20.9 Å². The van der Waals surface area contributed by atoms with Gasteiger partial charge in [-0.2, -0.15) is 0 Å². The van der Waals surface area contributed by atoms with Gasteiger partial charge in [0, 0.05) is 24.7 Å². The average Bonchev–Trinajstić information content (AvgIpc) is 2.77. The molecule has 3 amide bonds. The van der Waals surface area contributed by atoms with Gasteiger partial charge >= 0.3 is 6.03 Å². The third-order valence-electron chi connectivity index (χ3n) is 5.31. The Kier molecular flexibility index (Phi) is 7.54. The number of aromatic nitrogens is 1. The van der Waals surface area contributed by atoms with E-state index in [9.17, 15) is 14.0 Å². The molecule has 0 spiro atoms. The Bertz CT molecular complexity index is 901. The third kappa shape index (κ3) is 6.47. The molecule has 1 aromatic heterocycles. The Labute approximate surface area is 181 Å². The number of hydrogen-bond acceptors (Lipinski definition) is 5. The summed E-state index contributed by atoms with van der Waals surface area (Å²) < 4.78 is 14.4. The van der Waals surface area contributed by atoms with E-state index < -0.39 is 11.8 Å². The number of nitrogens with zero attached hydrogens (tertiary/aromatic N) is 2. The number of benzene rings is 1. The van der Waals surface area contributed by atoms with Crippen molar-refractivity contribution in [3.8, 4) is 0 Å². The third-order valence-corrected chi connectivity index (χ3v) is 5.31. The van der Waals surface area contributed by atoms with Crippen LogP contribution in [0.3, 0.4) is 0 Å². The molecule has 1 atom stereocenters. The summed E-state index contributed by atoms with van der Waals surface area (Å²) in [6.07, 6.45) is 4.66. The summed E-state index contributed by atoms with van der Waals surface area (Å²) in [6, 6.07) is 7.65. The molecule has 0 bridgehead atoms. The number of urea groups is 1. The number of nitrogens with one attached hydrogen (secondary N) is 3. The first-order chi connectivity index (χ1) is 14.9. The fraction of sp³-hybridized carbons (Fsp3) is 0.409. The van der Waals surface area contributed by atoms with Crippen molar-refractivity contribution in [1.82, 2.24) is 15.4 Å². The molecule has 0 aliphatic carbocycles. The number of halogens is 1. The highest BCUT2D eigenvalue weighted by Gasteiger charge is 2.33. The highest BCUT2D eigenvalue weighted by atomic mass is 19.1. The predicted molar refractivity (Wildman–Crippen MR) is 116 cm³/mol. The van der Waals surface area contributed by atoms with Crippen molar-refractivity contribution in [2.75, 3.05) is 37.4 Å². The Morgan fingerprint density at radius 3 is 2.87 bits per heavy atom. The first-order valence-electron chi connectivity index (χ1n) is 10.2. The van der Waals surface area contributed by atoms with Gasteiger partial charge in [-0.25, -0.2) is 14.2 Å². The second kappa shape index (κ2) is 10.3. The zero-order valence-electron chi connectivity index (χ0n) is 17.8. The molecule has 31 heavy (non-hydrogen) atoms. The van der Waals surface area contributed by atoms with Crippen LogP contribution in [0.2, 0.25) is 0 Å². The van der Waals surface area contributed by atoms with Crippen LogP contribution in [0.15, 0.2) is 36.5 Å². The van der Waals surface area contributed by atoms with Crippen molar-refractivity contribution >= 4 is 23.8 Å². The number of amides is 3. The van der Waals surface area contributed by atoms with Crippen molar-refractivity contribution in [3.63, 3.8) is 0 Å². The van der Waals surface area contributed by atoms with Gasteiger partial charge in [0.25, 0.3) is 0 Å². The quantitative estimate of drug-likeness (QED) is 0.443. The molecule has 1 aromatic carbocycles. The number of anilines is 2. The van der Waals surface area contributed by atoms with Crippen molar-refractivity contribution < 1.29 is 18.8 Å². The Morgan fingerprint density at radius 2 is 2.19 bits per heavy atom.